The molecule has 0 atom stereocenters. The van der Waals surface area contributed by atoms with E-state index in [-0.39, 0.29) is 21.8 Å². The van der Waals surface area contributed by atoms with Gasteiger partial charge in [-0.05, 0) is 43.4 Å². The summed E-state index contributed by atoms with van der Waals surface area (Å²) in [5.41, 5.74) is 0.230. The lowest BCUT2D eigenvalue weighted by atomic mass is 10.0. The van der Waals surface area contributed by atoms with Crippen LogP contribution in [0.25, 0.3) is 0 Å². The lowest BCUT2D eigenvalue weighted by Gasteiger charge is -2.16. The van der Waals surface area contributed by atoms with Crippen LogP contribution in [0.4, 0.5) is 0 Å². The SMILES string of the molecule is CCCc1c(Cl)[nH]c(=O)n(CC2(C3CC3)CC2)c1=O. The third-order valence-electron chi connectivity index (χ3n) is 4.54. The second-order valence-electron chi connectivity index (χ2n) is 6.00. The molecule has 0 saturated heterocycles. The molecule has 0 aliphatic heterocycles. The summed E-state index contributed by atoms with van der Waals surface area (Å²) in [4.78, 5) is 27.0. The Morgan fingerprint density at radius 2 is 2.05 bits per heavy atom. The van der Waals surface area contributed by atoms with Crippen LogP contribution in [0.15, 0.2) is 9.59 Å². The molecule has 1 heterocycles. The van der Waals surface area contributed by atoms with Gasteiger partial charge in [0.1, 0.15) is 5.15 Å². The second-order valence-corrected chi connectivity index (χ2v) is 6.38. The van der Waals surface area contributed by atoms with Crippen molar-refractivity contribution in [1.29, 1.82) is 0 Å². The number of rotatable bonds is 5. The molecule has 1 N–H and O–H groups in total. The molecule has 0 radical (unpaired) electrons. The highest BCUT2D eigenvalue weighted by atomic mass is 35.5. The molecule has 2 aliphatic carbocycles. The standard InChI is InChI=1S/C14H19ClN2O2/c1-2-3-10-11(15)16-13(19)17(12(10)18)8-14(6-7-14)9-4-5-9/h9H,2-8H2,1H3,(H,16,19). The predicted octanol–water partition coefficient (Wildman–Crippen LogP) is 2.33. The fraction of sp³-hybridized carbons (Fsp3) is 0.714. The van der Waals surface area contributed by atoms with Crippen LogP contribution >= 0.6 is 11.6 Å². The van der Waals surface area contributed by atoms with E-state index in [1.807, 2.05) is 6.92 Å². The van der Waals surface area contributed by atoms with Crippen molar-refractivity contribution < 1.29 is 0 Å². The molecule has 1 aromatic heterocycles. The fourth-order valence-electron chi connectivity index (χ4n) is 3.06. The first-order chi connectivity index (χ1) is 9.07. The maximum atomic E-state index is 12.4. The van der Waals surface area contributed by atoms with Crippen LogP contribution in [0.2, 0.25) is 5.15 Å². The van der Waals surface area contributed by atoms with E-state index in [4.69, 9.17) is 11.6 Å². The molecule has 19 heavy (non-hydrogen) atoms. The molecular formula is C14H19ClN2O2. The van der Waals surface area contributed by atoms with Crippen LogP contribution < -0.4 is 11.2 Å². The molecule has 104 valence electrons. The zero-order valence-corrected chi connectivity index (χ0v) is 11.9. The Balaban J connectivity index is 1.98. The van der Waals surface area contributed by atoms with E-state index in [2.05, 4.69) is 4.98 Å². The number of hydrogen-bond acceptors (Lipinski definition) is 2. The number of aromatic nitrogens is 2. The van der Waals surface area contributed by atoms with Gasteiger partial charge in [0.2, 0.25) is 0 Å². The van der Waals surface area contributed by atoms with Crippen molar-refractivity contribution in [2.45, 2.75) is 52.0 Å². The van der Waals surface area contributed by atoms with E-state index in [0.29, 0.717) is 18.5 Å². The van der Waals surface area contributed by atoms with Crippen molar-refractivity contribution in [3.8, 4) is 0 Å². The maximum absolute atomic E-state index is 12.4. The first kappa shape index (κ1) is 13.0. The average molecular weight is 283 g/mol. The largest absolute Gasteiger partial charge is 0.329 e. The summed E-state index contributed by atoms with van der Waals surface area (Å²) in [7, 11) is 0. The van der Waals surface area contributed by atoms with Crippen LogP contribution in [0.5, 0.6) is 0 Å². The Morgan fingerprint density at radius 1 is 1.37 bits per heavy atom. The van der Waals surface area contributed by atoms with Gasteiger partial charge in [0.05, 0.1) is 5.56 Å². The minimum atomic E-state index is -0.359. The summed E-state index contributed by atoms with van der Waals surface area (Å²) in [6, 6.07) is 0. The first-order valence-electron chi connectivity index (χ1n) is 7.09. The number of nitrogens with zero attached hydrogens (tertiary/aromatic N) is 1. The number of nitrogens with one attached hydrogen (secondary N) is 1. The minimum absolute atomic E-state index is 0.192. The van der Waals surface area contributed by atoms with Gasteiger partial charge in [-0.2, -0.15) is 0 Å². The molecule has 5 heteroatoms. The Kier molecular flexibility index (Phi) is 3.08. The van der Waals surface area contributed by atoms with Crippen LogP contribution in [0.3, 0.4) is 0 Å². The predicted molar refractivity (Wildman–Crippen MR) is 74.7 cm³/mol. The van der Waals surface area contributed by atoms with Crippen LogP contribution in [-0.4, -0.2) is 9.55 Å². The lowest BCUT2D eigenvalue weighted by molar-refractivity contribution is 0.355. The van der Waals surface area contributed by atoms with E-state index >= 15 is 0 Å². The van der Waals surface area contributed by atoms with Crippen molar-refractivity contribution in [2.24, 2.45) is 11.3 Å². The van der Waals surface area contributed by atoms with Gasteiger partial charge in [-0.3, -0.25) is 14.3 Å². The van der Waals surface area contributed by atoms with Gasteiger partial charge in [0.25, 0.3) is 5.56 Å². The summed E-state index contributed by atoms with van der Waals surface area (Å²) in [5.74, 6) is 0.726. The Hall–Kier alpha value is -1.03. The Morgan fingerprint density at radius 3 is 2.58 bits per heavy atom. The molecule has 0 bridgehead atoms. The molecular weight excluding hydrogens is 264 g/mol. The highest BCUT2D eigenvalue weighted by molar-refractivity contribution is 6.30. The topological polar surface area (TPSA) is 54.9 Å². The van der Waals surface area contributed by atoms with E-state index < -0.39 is 0 Å². The van der Waals surface area contributed by atoms with Gasteiger partial charge >= 0.3 is 5.69 Å². The molecule has 2 saturated carbocycles. The van der Waals surface area contributed by atoms with Gasteiger partial charge in [-0.25, -0.2) is 4.79 Å². The Labute approximate surface area is 116 Å². The molecule has 2 fully saturated rings. The number of H-pyrrole nitrogens is 1. The summed E-state index contributed by atoms with van der Waals surface area (Å²) < 4.78 is 1.38. The zero-order chi connectivity index (χ0) is 13.6. The van der Waals surface area contributed by atoms with Crippen molar-refractivity contribution in [1.82, 2.24) is 9.55 Å². The fourth-order valence-corrected chi connectivity index (χ4v) is 3.32. The minimum Gasteiger partial charge on any atom is -0.297 e. The molecule has 1 aromatic rings. The molecule has 0 unspecified atom stereocenters. The van der Waals surface area contributed by atoms with Crippen molar-refractivity contribution >= 4 is 11.6 Å². The summed E-state index contributed by atoms with van der Waals surface area (Å²) in [5, 5.41) is 0.212. The highest BCUT2D eigenvalue weighted by Crippen LogP contribution is 2.61. The average Bonchev–Trinajstić information content (AvgIpc) is 3.23. The van der Waals surface area contributed by atoms with Crippen molar-refractivity contribution in [3.05, 3.63) is 31.6 Å². The van der Waals surface area contributed by atoms with Crippen molar-refractivity contribution in [3.63, 3.8) is 0 Å². The molecule has 0 spiro atoms. The summed E-state index contributed by atoms with van der Waals surface area (Å²) in [6.45, 7) is 2.57. The lowest BCUT2D eigenvalue weighted by Crippen LogP contribution is -2.40. The van der Waals surface area contributed by atoms with E-state index in [1.54, 1.807) is 0 Å². The van der Waals surface area contributed by atoms with Gasteiger partial charge in [-0.1, -0.05) is 24.9 Å². The second kappa shape index (κ2) is 4.51. The first-order valence-corrected chi connectivity index (χ1v) is 7.47. The third-order valence-corrected chi connectivity index (χ3v) is 4.86. The molecule has 2 aliphatic rings. The molecule has 3 rings (SSSR count). The molecule has 4 nitrogen and oxygen atoms in total. The van der Waals surface area contributed by atoms with Gasteiger partial charge in [-0.15, -0.1) is 0 Å². The third kappa shape index (κ3) is 2.27. The van der Waals surface area contributed by atoms with Gasteiger partial charge < -0.3 is 0 Å². The van der Waals surface area contributed by atoms with Crippen LogP contribution in [0, 0.1) is 11.3 Å². The zero-order valence-electron chi connectivity index (χ0n) is 11.2. The molecule has 0 amide bonds. The normalized spacial score (nSPS) is 20.5. The van der Waals surface area contributed by atoms with Crippen LogP contribution in [-0.2, 0) is 13.0 Å². The number of aromatic amines is 1. The summed E-state index contributed by atoms with van der Waals surface area (Å²) in [6.07, 6.45) is 6.26. The number of hydrogen-bond donors (Lipinski definition) is 1. The Bertz CT molecular complexity index is 609. The number of halogens is 1. The maximum Gasteiger partial charge on any atom is 0.329 e. The molecule has 0 aromatic carbocycles. The smallest absolute Gasteiger partial charge is 0.297 e. The van der Waals surface area contributed by atoms with Crippen LogP contribution in [0.1, 0.15) is 44.6 Å². The highest BCUT2D eigenvalue weighted by Gasteiger charge is 2.54. The van der Waals surface area contributed by atoms with E-state index in [0.717, 1.165) is 25.2 Å². The van der Waals surface area contributed by atoms with E-state index in [9.17, 15) is 9.59 Å². The van der Waals surface area contributed by atoms with Crippen molar-refractivity contribution in [2.75, 3.05) is 0 Å². The van der Waals surface area contributed by atoms with Gasteiger partial charge in [0.15, 0.2) is 0 Å². The van der Waals surface area contributed by atoms with E-state index in [1.165, 1.54) is 17.4 Å². The van der Waals surface area contributed by atoms with Gasteiger partial charge in [0, 0.05) is 6.54 Å². The summed E-state index contributed by atoms with van der Waals surface area (Å²) >= 11 is 5.98. The quantitative estimate of drug-likeness (QED) is 0.843. The monoisotopic (exact) mass is 282 g/mol.